The molecule has 1 aromatic heterocycles. The van der Waals surface area contributed by atoms with E-state index in [1.54, 1.807) is 0 Å². The van der Waals surface area contributed by atoms with Crippen LogP contribution in [-0.4, -0.2) is 30.6 Å². The summed E-state index contributed by atoms with van der Waals surface area (Å²) in [5.74, 6) is 0. The maximum atomic E-state index is 3.66. The lowest BCUT2D eigenvalue weighted by Gasteiger charge is -2.33. The minimum atomic E-state index is 0.452. The van der Waals surface area contributed by atoms with Gasteiger partial charge in [-0.3, -0.25) is 4.90 Å². The second-order valence-corrected chi connectivity index (χ2v) is 7.71. The van der Waals surface area contributed by atoms with Gasteiger partial charge in [-0.2, -0.15) is 0 Å². The molecule has 2 unspecified atom stereocenters. The molecule has 0 radical (unpaired) electrons. The third-order valence-corrected chi connectivity index (χ3v) is 5.56. The van der Waals surface area contributed by atoms with Crippen molar-refractivity contribution in [2.75, 3.05) is 19.6 Å². The summed E-state index contributed by atoms with van der Waals surface area (Å²) in [6, 6.07) is 5.44. The van der Waals surface area contributed by atoms with Gasteiger partial charge in [-0.05, 0) is 67.8 Å². The maximum Gasteiger partial charge on any atom is 0.0701 e. The van der Waals surface area contributed by atoms with Crippen molar-refractivity contribution in [2.24, 2.45) is 0 Å². The molecular weight excluding hydrogens is 308 g/mol. The van der Waals surface area contributed by atoms with Crippen LogP contribution in [0.4, 0.5) is 0 Å². The predicted octanol–water partition coefficient (Wildman–Crippen LogP) is 4.04. The zero-order valence-corrected chi connectivity index (χ0v) is 13.7. The maximum absolute atomic E-state index is 3.66. The molecule has 1 aliphatic rings. The summed E-state index contributed by atoms with van der Waals surface area (Å²) < 4.78 is 1.22. The zero-order chi connectivity index (χ0) is 13.0. The standard InChI is InChI=1S/C14H23BrN2S/c1-11(17-8-4-3-5-9-17)10-16-12(2)13-6-7-14(15)18-13/h6-7,11-12,16H,3-5,8-10H2,1-2H3. The first-order valence-electron chi connectivity index (χ1n) is 6.89. The average Bonchev–Trinajstić information content (AvgIpc) is 2.83. The fourth-order valence-corrected chi connectivity index (χ4v) is 3.95. The quantitative estimate of drug-likeness (QED) is 0.876. The van der Waals surface area contributed by atoms with E-state index in [2.05, 4.69) is 52.1 Å². The van der Waals surface area contributed by atoms with Crippen molar-refractivity contribution in [1.29, 1.82) is 0 Å². The van der Waals surface area contributed by atoms with Gasteiger partial charge in [-0.25, -0.2) is 0 Å². The number of halogens is 1. The summed E-state index contributed by atoms with van der Waals surface area (Å²) in [6.45, 7) is 8.23. The Kier molecular flexibility index (Phi) is 5.67. The van der Waals surface area contributed by atoms with E-state index in [9.17, 15) is 0 Å². The molecule has 0 aromatic carbocycles. The SMILES string of the molecule is CC(NCC(C)N1CCCCC1)c1ccc(Br)s1. The van der Waals surface area contributed by atoms with Gasteiger partial charge in [0, 0.05) is 23.5 Å². The highest BCUT2D eigenvalue weighted by Crippen LogP contribution is 2.27. The third kappa shape index (κ3) is 4.05. The fourth-order valence-electron chi connectivity index (χ4n) is 2.50. The van der Waals surface area contributed by atoms with Crippen LogP contribution >= 0.6 is 27.3 Å². The van der Waals surface area contributed by atoms with Crippen molar-refractivity contribution in [3.8, 4) is 0 Å². The number of likely N-dealkylation sites (tertiary alicyclic amines) is 1. The molecule has 0 bridgehead atoms. The van der Waals surface area contributed by atoms with Crippen LogP contribution in [0, 0.1) is 0 Å². The molecule has 1 fully saturated rings. The van der Waals surface area contributed by atoms with Crippen LogP contribution in [0.5, 0.6) is 0 Å². The van der Waals surface area contributed by atoms with Gasteiger partial charge in [-0.15, -0.1) is 11.3 Å². The molecule has 0 saturated carbocycles. The van der Waals surface area contributed by atoms with Crippen LogP contribution in [0.25, 0.3) is 0 Å². The Hall–Kier alpha value is 0.1000. The molecule has 18 heavy (non-hydrogen) atoms. The van der Waals surface area contributed by atoms with Crippen molar-refractivity contribution in [3.05, 3.63) is 20.8 Å². The highest BCUT2D eigenvalue weighted by molar-refractivity contribution is 9.11. The van der Waals surface area contributed by atoms with E-state index in [4.69, 9.17) is 0 Å². The van der Waals surface area contributed by atoms with Gasteiger partial charge in [-0.1, -0.05) is 6.42 Å². The van der Waals surface area contributed by atoms with E-state index < -0.39 is 0 Å². The Labute approximate surface area is 123 Å². The van der Waals surface area contributed by atoms with Crippen molar-refractivity contribution in [2.45, 2.75) is 45.2 Å². The minimum Gasteiger partial charge on any atom is -0.308 e. The van der Waals surface area contributed by atoms with Crippen molar-refractivity contribution >= 4 is 27.3 Å². The largest absolute Gasteiger partial charge is 0.308 e. The Balaban J connectivity index is 1.76. The second kappa shape index (κ2) is 7.04. The van der Waals surface area contributed by atoms with Crippen LogP contribution in [0.15, 0.2) is 15.9 Å². The second-order valence-electron chi connectivity index (χ2n) is 5.22. The zero-order valence-electron chi connectivity index (χ0n) is 11.3. The lowest BCUT2D eigenvalue weighted by molar-refractivity contribution is 0.168. The third-order valence-electron chi connectivity index (χ3n) is 3.75. The van der Waals surface area contributed by atoms with Crippen molar-refractivity contribution in [3.63, 3.8) is 0 Å². The molecule has 1 N–H and O–H groups in total. The molecule has 1 aromatic rings. The molecule has 2 nitrogen and oxygen atoms in total. The van der Waals surface area contributed by atoms with Gasteiger partial charge in [0.05, 0.1) is 3.79 Å². The van der Waals surface area contributed by atoms with E-state index in [1.165, 1.54) is 41.0 Å². The van der Waals surface area contributed by atoms with Crippen LogP contribution < -0.4 is 5.32 Å². The molecule has 2 heterocycles. The summed E-state index contributed by atoms with van der Waals surface area (Å²) in [7, 11) is 0. The number of hydrogen-bond acceptors (Lipinski definition) is 3. The molecule has 0 spiro atoms. The van der Waals surface area contributed by atoms with Crippen LogP contribution in [-0.2, 0) is 0 Å². The lowest BCUT2D eigenvalue weighted by atomic mass is 10.1. The average molecular weight is 331 g/mol. The fraction of sp³-hybridized carbons (Fsp3) is 0.714. The number of piperidine rings is 1. The molecule has 1 saturated heterocycles. The topological polar surface area (TPSA) is 15.3 Å². The van der Waals surface area contributed by atoms with E-state index in [1.807, 2.05) is 11.3 Å². The molecule has 0 amide bonds. The van der Waals surface area contributed by atoms with Gasteiger partial charge in [0.1, 0.15) is 0 Å². The first kappa shape index (κ1) is 14.5. The molecule has 2 atom stereocenters. The molecule has 2 rings (SSSR count). The van der Waals surface area contributed by atoms with Crippen molar-refractivity contribution < 1.29 is 0 Å². The summed E-state index contributed by atoms with van der Waals surface area (Å²) in [5, 5.41) is 3.66. The summed E-state index contributed by atoms with van der Waals surface area (Å²) in [5.41, 5.74) is 0. The number of rotatable bonds is 5. The lowest BCUT2D eigenvalue weighted by Crippen LogP contribution is -2.43. The Morgan fingerprint density at radius 2 is 2.00 bits per heavy atom. The summed E-state index contributed by atoms with van der Waals surface area (Å²) in [6.07, 6.45) is 4.16. The van der Waals surface area contributed by atoms with E-state index in [0.717, 1.165) is 6.54 Å². The van der Waals surface area contributed by atoms with Gasteiger partial charge in [0.2, 0.25) is 0 Å². The highest BCUT2D eigenvalue weighted by atomic mass is 79.9. The molecule has 4 heteroatoms. The van der Waals surface area contributed by atoms with Crippen LogP contribution in [0.3, 0.4) is 0 Å². The molecular formula is C14H23BrN2S. The Morgan fingerprint density at radius 1 is 1.28 bits per heavy atom. The van der Waals surface area contributed by atoms with Gasteiger partial charge in [0.15, 0.2) is 0 Å². The number of thiophene rings is 1. The van der Waals surface area contributed by atoms with Crippen molar-refractivity contribution in [1.82, 2.24) is 10.2 Å². The van der Waals surface area contributed by atoms with Crippen LogP contribution in [0.1, 0.15) is 44.0 Å². The van der Waals surface area contributed by atoms with E-state index in [-0.39, 0.29) is 0 Å². The van der Waals surface area contributed by atoms with E-state index in [0.29, 0.717) is 12.1 Å². The van der Waals surface area contributed by atoms with Gasteiger partial charge >= 0.3 is 0 Å². The number of hydrogen-bond donors (Lipinski definition) is 1. The van der Waals surface area contributed by atoms with Crippen LogP contribution in [0.2, 0.25) is 0 Å². The van der Waals surface area contributed by atoms with Gasteiger partial charge in [0.25, 0.3) is 0 Å². The minimum absolute atomic E-state index is 0.452. The Morgan fingerprint density at radius 3 is 2.61 bits per heavy atom. The van der Waals surface area contributed by atoms with Gasteiger partial charge < -0.3 is 5.32 Å². The highest BCUT2D eigenvalue weighted by Gasteiger charge is 2.17. The Bertz CT molecular complexity index is 360. The first-order valence-corrected chi connectivity index (χ1v) is 8.50. The summed E-state index contributed by atoms with van der Waals surface area (Å²) >= 11 is 5.35. The smallest absolute Gasteiger partial charge is 0.0701 e. The molecule has 102 valence electrons. The number of nitrogens with zero attached hydrogens (tertiary/aromatic N) is 1. The first-order chi connectivity index (χ1) is 8.66. The molecule has 1 aliphatic heterocycles. The number of nitrogens with one attached hydrogen (secondary N) is 1. The monoisotopic (exact) mass is 330 g/mol. The molecule has 0 aliphatic carbocycles. The van der Waals surface area contributed by atoms with E-state index >= 15 is 0 Å². The predicted molar refractivity (Wildman–Crippen MR) is 83.3 cm³/mol. The summed E-state index contributed by atoms with van der Waals surface area (Å²) in [4.78, 5) is 4.03. The normalized spacial score (nSPS) is 20.8.